The molecule has 1 rings (SSSR count). The lowest BCUT2D eigenvalue weighted by Crippen LogP contribution is -2.41. The molecule has 1 aromatic rings. The highest BCUT2D eigenvalue weighted by Crippen LogP contribution is 2.21. The van der Waals surface area contributed by atoms with Crippen molar-refractivity contribution in [3.63, 3.8) is 0 Å². The van der Waals surface area contributed by atoms with Crippen LogP contribution in [0.25, 0.3) is 0 Å². The number of carboxylic acids is 1. The van der Waals surface area contributed by atoms with Crippen LogP contribution in [0.15, 0.2) is 30.0 Å². The molecule has 0 bridgehead atoms. The van der Waals surface area contributed by atoms with Crippen LogP contribution < -0.4 is 10.6 Å². The maximum absolute atomic E-state index is 12.2. The number of aryl methyl sites for hydroxylation is 2. The lowest BCUT2D eigenvalue weighted by Gasteiger charge is -2.14. The molecule has 0 saturated carbocycles. The van der Waals surface area contributed by atoms with E-state index in [1.54, 1.807) is 0 Å². The van der Waals surface area contributed by atoms with Crippen LogP contribution in [0.3, 0.4) is 0 Å². The summed E-state index contributed by atoms with van der Waals surface area (Å²) in [6.45, 7) is 3.95. The number of rotatable bonds is 9. The fourth-order valence-electron chi connectivity index (χ4n) is 2.25. The molecular formula is C18H23N3O3S. The fraction of sp³-hybridized carbons (Fsp3) is 0.389. The molecular weight excluding hydrogens is 338 g/mol. The molecule has 1 aromatic carbocycles. The third-order valence-corrected chi connectivity index (χ3v) is 4.32. The molecule has 1 amide bonds. The number of para-hydroxylation sites is 1. The van der Waals surface area contributed by atoms with Crippen molar-refractivity contribution < 1.29 is 14.7 Å². The SMILES string of the molecule is CCc1cccc(C)c1N/C=C(/C#N)C(=O)NC(CCSC)C(=O)O. The number of benzene rings is 1. The first-order valence-corrected chi connectivity index (χ1v) is 9.31. The molecule has 1 atom stereocenters. The summed E-state index contributed by atoms with van der Waals surface area (Å²) in [5, 5.41) is 23.8. The molecule has 0 fully saturated rings. The van der Waals surface area contributed by atoms with Crippen molar-refractivity contribution in [1.29, 1.82) is 5.26 Å². The first kappa shape index (κ1) is 20.6. The van der Waals surface area contributed by atoms with E-state index in [0.717, 1.165) is 23.2 Å². The zero-order chi connectivity index (χ0) is 18.8. The van der Waals surface area contributed by atoms with E-state index < -0.39 is 17.9 Å². The summed E-state index contributed by atoms with van der Waals surface area (Å²) in [5.74, 6) is -1.21. The van der Waals surface area contributed by atoms with Crippen molar-refractivity contribution >= 4 is 29.3 Å². The van der Waals surface area contributed by atoms with Crippen LogP contribution in [-0.2, 0) is 16.0 Å². The summed E-state index contributed by atoms with van der Waals surface area (Å²) in [7, 11) is 0. The second-order valence-electron chi connectivity index (χ2n) is 5.42. The molecule has 0 radical (unpaired) electrons. The normalized spacial score (nSPS) is 12.2. The number of nitrogens with zero attached hydrogens (tertiary/aromatic N) is 1. The Hall–Kier alpha value is -2.46. The predicted octanol–water partition coefficient (Wildman–Crippen LogP) is 2.70. The summed E-state index contributed by atoms with van der Waals surface area (Å²) in [6, 6.07) is 6.66. The number of hydrogen-bond acceptors (Lipinski definition) is 5. The standard InChI is InChI=1S/C18H23N3O3S/c1-4-13-7-5-6-12(2)16(13)20-11-14(10-19)17(22)21-15(18(23)24)8-9-25-3/h5-7,11,15,20H,4,8-9H2,1-3H3,(H,21,22)(H,23,24)/b14-11-. The average Bonchev–Trinajstić information content (AvgIpc) is 2.59. The van der Waals surface area contributed by atoms with Crippen molar-refractivity contribution in [2.45, 2.75) is 32.7 Å². The lowest BCUT2D eigenvalue weighted by atomic mass is 10.1. The number of amides is 1. The van der Waals surface area contributed by atoms with E-state index >= 15 is 0 Å². The lowest BCUT2D eigenvalue weighted by molar-refractivity contribution is -0.141. The van der Waals surface area contributed by atoms with Gasteiger partial charge in [-0.3, -0.25) is 4.79 Å². The molecule has 0 aliphatic rings. The Bertz CT molecular complexity index is 695. The van der Waals surface area contributed by atoms with E-state index in [-0.39, 0.29) is 5.57 Å². The maximum Gasteiger partial charge on any atom is 0.326 e. The third-order valence-electron chi connectivity index (χ3n) is 3.68. The number of nitriles is 1. The van der Waals surface area contributed by atoms with E-state index in [0.29, 0.717) is 12.2 Å². The summed E-state index contributed by atoms with van der Waals surface area (Å²) < 4.78 is 0. The van der Waals surface area contributed by atoms with Gasteiger partial charge in [0.25, 0.3) is 5.91 Å². The number of nitrogens with one attached hydrogen (secondary N) is 2. The van der Waals surface area contributed by atoms with Crippen LogP contribution in [0.1, 0.15) is 24.5 Å². The summed E-state index contributed by atoms with van der Waals surface area (Å²) in [5.41, 5.74) is 2.75. The molecule has 0 heterocycles. The molecule has 0 aliphatic heterocycles. The van der Waals surface area contributed by atoms with Gasteiger partial charge in [0.2, 0.25) is 0 Å². The van der Waals surface area contributed by atoms with Gasteiger partial charge in [-0.2, -0.15) is 17.0 Å². The number of carbonyl (C=O) groups excluding carboxylic acids is 1. The number of hydrogen-bond donors (Lipinski definition) is 3. The Morgan fingerprint density at radius 3 is 2.72 bits per heavy atom. The second kappa shape index (κ2) is 10.4. The van der Waals surface area contributed by atoms with E-state index in [2.05, 4.69) is 10.6 Å². The van der Waals surface area contributed by atoms with Crippen LogP contribution in [0.2, 0.25) is 0 Å². The van der Waals surface area contributed by atoms with Gasteiger partial charge in [0, 0.05) is 11.9 Å². The molecule has 134 valence electrons. The Balaban J connectivity index is 2.91. The van der Waals surface area contributed by atoms with Crippen molar-refractivity contribution in [1.82, 2.24) is 5.32 Å². The van der Waals surface area contributed by atoms with Crippen LogP contribution in [0, 0.1) is 18.3 Å². The topological polar surface area (TPSA) is 102 Å². The maximum atomic E-state index is 12.2. The molecule has 6 nitrogen and oxygen atoms in total. The van der Waals surface area contributed by atoms with E-state index in [1.165, 1.54) is 18.0 Å². The Labute approximate surface area is 152 Å². The van der Waals surface area contributed by atoms with Gasteiger partial charge in [-0.1, -0.05) is 25.1 Å². The van der Waals surface area contributed by atoms with Crippen LogP contribution in [0.5, 0.6) is 0 Å². The van der Waals surface area contributed by atoms with Crippen molar-refractivity contribution in [2.24, 2.45) is 0 Å². The van der Waals surface area contributed by atoms with Gasteiger partial charge in [-0.15, -0.1) is 0 Å². The Kier molecular flexibility index (Phi) is 8.57. The van der Waals surface area contributed by atoms with Gasteiger partial charge in [0.05, 0.1) is 0 Å². The van der Waals surface area contributed by atoms with Gasteiger partial charge in [-0.05, 0) is 42.9 Å². The fourth-order valence-corrected chi connectivity index (χ4v) is 2.72. The molecule has 0 aliphatic carbocycles. The predicted molar refractivity (Wildman–Crippen MR) is 100 cm³/mol. The molecule has 7 heteroatoms. The van der Waals surface area contributed by atoms with E-state index in [4.69, 9.17) is 0 Å². The number of aliphatic carboxylic acids is 1. The summed E-state index contributed by atoms with van der Waals surface area (Å²) >= 11 is 1.50. The van der Waals surface area contributed by atoms with Gasteiger partial charge < -0.3 is 15.7 Å². The first-order valence-electron chi connectivity index (χ1n) is 7.92. The van der Waals surface area contributed by atoms with Crippen molar-refractivity contribution in [2.75, 3.05) is 17.3 Å². The van der Waals surface area contributed by atoms with Gasteiger partial charge in [0.15, 0.2) is 0 Å². The number of carbonyl (C=O) groups is 2. The van der Waals surface area contributed by atoms with Gasteiger partial charge in [-0.25, -0.2) is 4.79 Å². The molecule has 1 unspecified atom stereocenters. The molecule has 0 saturated heterocycles. The monoisotopic (exact) mass is 361 g/mol. The number of carboxylic acid groups (broad SMARTS) is 1. The smallest absolute Gasteiger partial charge is 0.326 e. The quantitative estimate of drug-likeness (QED) is 0.462. The highest BCUT2D eigenvalue weighted by atomic mass is 32.2. The van der Waals surface area contributed by atoms with E-state index in [1.807, 2.05) is 44.4 Å². The first-order chi connectivity index (χ1) is 11.9. The third kappa shape index (κ3) is 6.16. The minimum Gasteiger partial charge on any atom is -0.480 e. The molecule has 0 aromatic heterocycles. The second-order valence-corrected chi connectivity index (χ2v) is 6.41. The molecule has 25 heavy (non-hydrogen) atoms. The zero-order valence-corrected chi connectivity index (χ0v) is 15.4. The van der Waals surface area contributed by atoms with E-state index in [9.17, 15) is 20.0 Å². The van der Waals surface area contributed by atoms with Crippen LogP contribution >= 0.6 is 11.8 Å². The number of thioether (sulfide) groups is 1. The van der Waals surface area contributed by atoms with Crippen molar-refractivity contribution in [3.05, 3.63) is 41.1 Å². The minimum atomic E-state index is -1.11. The Morgan fingerprint density at radius 2 is 2.16 bits per heavy atom. The Morgan fingerprint density at radius 1 is 1.44 bits per heavy atom. The van der Waals surface area contributed by atoms with Crippen molar-refractivity contribution in [3.8, 4) is 6.07 Å². The van der Waals surface area contributed by atoms with Gasteiger partial charge in [0.1, 0.15) is 17.7 Å². The van der Waals surface area contributed by atoms with Crippen LogP contribution in [-0.4, -0.2) is 35.0 Å². The number of anilines is 1. The molecule has 3 N–H and O–H groups in total. The summed E-state index contributed by atoms with van der Waals surface area (Å²) in [4.78, 5) is 23.4. The molecule has 0 spiro atoms. The summed E-state index contributed by atoms with van der Waals surface area (Å²) in [6.07, 6.45) is 4.29. The average molecular weight is 361 g/mol. The largest absolute Gasteiger partial charge is 0.480 e. The highest BCUT2D eigenvalue weighted by molar-refractivity contribution is 7.98. The van der Waals surface area contributed by atoms with Crippen LogP contribution in [0.4, 0.5) is 5.69 Å². The van der Waals surface area contributed by atoms with Gasteiger partial charge >= 0.3 is 5.97 Å². The minimum absolute atomic E-state index is 0.166. The zero-order valence-electron chi connectivity index (χ0n) is 14.6. The highest BCUT2D eigenvalue weighted by Gasteiger charge is 2.21.